The number of benzene rings is 1. The Morgan fingerprint density at radius 3 is 2.90 bits per heavy atom. The maximum Gasteiger partial charge on any atom is 0.220 e. The Labute approximate surface area is 117 Å². The smallest absolute Gasteiger partial charge is 0.220 e. The molecule has 0 bridgehead atoms. The molecule has 1 saturated heterocycles. The summed E-state index contributed by atoms with van der Waals surface area (Å²) >= 11 is 0. The van der Waals surface area contributed by atoms with Gasteiger partial charge in [0.05, 0.1) is 6.04 Å². The van der Waals surface area contributed by atoms with Crippen molar-refractivity contribution in [3.05, 3.63) is 35.4 Å². The van der Waals surface area contributed by atoms with E-state index in [4.69, 9.17) is 0 Å². The first-order valence-electron chi connectivity index (χ1n) is 7.01. The summed E-state index contributed by atoms with van der Waals surface area (Å²) in [6.07, 6.45) is 2.62. The van der Waals surface area contributed by atoms with Crippen LogP contribution in [0.1, 0.15) is 37.8 Å². The van der Waals surface area contributed by atoms with Crippen molar-refractivity contribution < 1.29 is 13.6 Å². The van der Waals surface area contributed by atoms with Crippen LogP contribution in [0.5, 0.6) is 0 Å². The summed E-state index contributed by atoms with van der Waals surface area (Å²) in [5, 5.41) is 6.10. The molecule has 2 atom stereocenters. The Bertz CT molecular complexity index is 473. The Balaban J connectivity index is 1.87. The van der Waals surface area contributed by atoms with Crippen molar-refractivity contribution in [3.63, 3.8) is 0 Å². The number of carbonyl (C=O) groups is 1. The maximum atomic E-state index is 13.2. The van der Waals surface area contributed by atoms with Gasteiger partial charge in [0.15, 0.2) is 11.6 Å². The van der Waals surface area contributed by atoms with Gasteiger partial charge in [-0.05, 0) is 56.5 Å². The summed E-state index contributed by atoms with van der Waals surface area (Å²) in [5.41, 5.74) is 0.569. The number of hydrogen-bond acceptors (Lipinski definition) is 2. The van der Waals surface area contributed by atoms with Crippen molar-refractivity contribution in [2.24, 2.45) is 5.92 Å². The van der Waals surface area contributed by atoms with Crippen molar-refractivity contribution in [2.75, 3.05) is 13.1 Å². The van der Waals surface area contributed by atoms with Gasteiger partial charge in [-0.15, -0.1) is 0 Å². The Morgan fingerprint density at radius 1 is 1.45 bits per heavy atom. The van der Waals surface area contributed by atoms with Gasteiger partial charge in [-0.2, -0.15) is 0 Å². The third-order valence-electron chi connectivity index (χ3n) is 3.69. The van der Waals surface area contributed by atoms with Crippen LogP contribution >= 0.6 is 0 Å². The number of carbonyl (C=O) groups excluding carboxylic acids is 1. The number of rotatable bonds is 4. The monoisotopic (exact) mass is 282 g/mol. The van der Waals surface area contributed by atoms with Crippen molar-refractivity contribution >= 4 is 5.91 Å². The van der Waals surface area contributed by atoms with E-state index in [1.54, 1.807) is 6.92 Å². The zero-order valence-electron chi connectivity index (χ0n) is 11.6. The minimum Gasteiger partial charge on any atom is -0.350 e. The van der Waals surface area contributed by atoms with Gasteiger partial charge in [-0.25, -0.2) is 8.78 Å². The Morgan fingerprint density at radius 2 is 2.25 bits per heavy atom. The summed E-state index contributed by atoms with van der Waals surface area (Å²) < 4.78 is 26.0. The van der Waals surface area contributed by atoms with E-state index in [9.17, 15) is 13.6 Å². The molecule has 2 rings (SSSR count). The third-order valence-corrected chi connectivity index (χ3v) is 3.69. The zero-order valence-corrected chi connectivity index (χ0v) is 11.6. The molecule has 1 amide bonds. The molecule has 0 aromatic heterocycles. The molecule has 110 valence electrons. The summed E-state index contributed by atoms with van der Waals surface area (Å²) in [7, 11) is 0. The molecule has 1 heterocycles. The van der Waals surface area contributed by atoms with Gasteiger partial charge in [0, 0.05) is 6.42 Å². The number of amides is 1. The van der Waals surface area contributed by atoms with E-state index < -0.39 is 11.6 Å². The lowest BCUT2D eigenvalue weighted by atomic mass is 9.95. The lowest BCUT2D eigenvalue weighted by molar-refractivity contribution is -0.122. The highest BCUT2D eigenvalue weighted by molar-refractivity contribution is 5.76. The molecule has 1 aliphatic rings. The summed E-state index contributed by atoms with van der Waals surface area (Å²) in [4.78, 5) is 11.9. The van der Waals surface area contributed by atoms with Crippen LogP contribution in [0.2, 0.25) is 0 Å². The van der Waals surface area contributed by atoms with E-state index in [1.807, 2.05) is 0 Å². The maximum absolute atomic E-state index is 13.2. The highest BCUT2D eigenvalue weighted by Gasteiger charge is 2.18. The standard InChI is InChI=1S/C15H20F2N2O/c1-10(12-4-5-13(16)14(17)8-12)19-15(20)7-11-3-2-6-18-9-11/h4-5,8,10-11,18H,2-3,6-7,9H2,1H3,(H,19,20). The summed E-state index contributed by atoms with van der Waals surface area (Å²) in [6, 6.07) is 3.38. The van der Waals surface area contributed by atoms with Crippen LogP contribution in [0.3, 0.4) is 0 Å². The van der Waals surface area contributed by atoms with Gasteiger partial charge in [-0.3, -0.25) is 4.79 Å². The van der Waals surface area contributed by atoms with Crippen LogP contribution in [-0.4, -0.2) is 19.0 Å². The molecule has 1 fully saturated rings. The topological polar surface area (TPSA) is 41.1 Å². The normalized spacial score (nSPS) is 20.4. The fourth-order valence-electron chi connectivity index (χ4n) is 2.53. The van der Waals surface area contributed by atoms with Gasteiger partial charge in [0.1, 0.15) is 0 Å². The number of halogens is 2. The van der Waals surface area contributed by atoms with Crippen LogP contribution < -0.4 is 10.6 Å². The van der Waals surface area contributed by atoms with E-state index in [2.05, 4.69) is 10.6 Å². The van der Waals surface area contributed by atoms with Crippen LogP contribution in [0.15, 0.2) is 18.2 Å². The average molecular weight is 282 g/mol. The first-order chi connectivity index (χ1) is 9.56. The highest BCUT2D eigenvalue weighted by atomic mass is 19.2. The predicted molar refractivity (Wildman–Crippen MR) is 73.1 cm³/mol. The van der Waals surface area contributed by atoms with Gasteiger partial charge in [-0.1, -0.05) is 6.07 Å². The molecule has 2 unspecified atom stereocenters. The number of nitrogens with one attached hydrogen (secondary N) is 2. The van der Waals surface area contributed by atoms with Crippen LogP contribution in [0, 0.1) is 17.6 Å². The van der Waals surface area contributed by atoms with Crippen molar-refractivity contribution in [1.82, 2.24) is 10.6 Å². The molecular weight excluding hydrogens is 262 g/mol. The second kappa shape index (κ2) is 6.79. The molecule has 1 aromatic carbocycles. The van der Waals surface area contributed by atoms with Crippen LogP contribution in [0.4, 0.5) is 8.78 Å². The van der Waals surface area contributed by atoms with E-state index in [-0.39, 0.29) is 11.9 Å². The second-order valence-corrected chi connectivity index (χ2v) is 5.38. The predicted octanol–water partition coefficient (Wildman–Crippen LogP) is 2.53. The lowest BCUT2D eigenvalue weighted by Crippen LogP contribution is -2.35. The average Bonchev–Trinajstić information content (AvgIpc) is 2.42. The minimum absolute atomic E-state index is 0.0454. The Kier molecular flexibility index (Phi) is 5.06. The van der Waals surface area contributed by atoms with Crippen molar-refractivity contribution in [1.29, 1.82) is 0 Å². The summed E-state index contributed by atoms with van der Waals surface area (Å²) in [5.74, 6) is -1.45. The molecule has 0 aliphatic carbocycles. The third kappa shape index (κ3) is 4.00. The largest absolute Gasteiger partial charge is 0.350 e. The molecule has 0 radical (unpaired) electrons. The van der Waals surface area contributed by atoms with E-state index in [1.165, 1.54) is 6.07 Å². The van der Waals surface area contributed by atoms with Gasteiger partial charge >= 0.3 is 0 Å². The summed E-state index contributed by atoms with van der Waals surface area (Å²) in [6.45, 7) is 3.65. The van der Waals surface area contributed by atoms with Gasteiger partial charge in [0.25, 0.3) is 0 Å². The minimum atomic E-state index is -0.889. The van der Waals surface area contributed by atoms with Crippen LogP contribution in [-0.2, 0) is 4.79 Å². The zero-order chi connectivity index (χ0) is 14.5. The number of hydrogen-bond donors (Lipinski definition) is 2. The molecule has 5 heteroatoms. The fraction of sp³-hybridized carbons (Fsp3) is 0.533. The quantitative estimate of drug-likeness (QED) is 0.891. The van der Waals surface area contributed by atoms with Crippen LogP contribution in [0.25, 0.3) is 0 Å². The molecule has 2 N–H and O–H groups in total. The van der Waals surface area contributed by atoms with E-state index in [0.29, 0.717) is 17.9 Å². The fourth-order valence-corrected chi connectivity index (χ4v) is 2.53. The first-order valence-corrected chi connectivity index (χ1v) is 7.01. The lowest BCUT2D eigenvalue weighted by Gasteiger charge is -2.23. The molecule has 0 saturated carbocycles. The van der Waals surface area contributed by atoms with Gasteiger partial charge < -0.3 is 10.6 Å². The van der Waals surface area contributed by atoms with E-state index >= 15 is 0 Å². The van der Waals surface area contributed by atoms with E-state index in [0.717, 1.165) is 38.1 Å². The Hall–Kier alpha value is -1.49. The molecule has 1 aromatic rings. The van der Waals surface area contributed by atoms with Crippen molar-refractivity contribution in [3.8, 4) is 0 Å². The molecule has 20 heavy (non-hydrogen) atoms. The van der Waals surface area contributed by atoms with Gasteiger partial charge in [0.2, 0.25) is 5.91 Å². The molecule has 0 spiro atoms. The first kappa shape index (κ1) is 14.9. The molecule has 3 nitrogen and oxygen atoms in total. The number of piperidine rings is 1. The SMILES string of the molecule is CC(NC(=O)CC1CCCNC1)c1ccc(F)c(F)c1. The van der Waals surface area contributed by atoms with Crippen molar-refractivity contribution in [2.45, 2.75) is 32.2 Å². The molecular formula is C15H20F2N2O. The second-order valence-electron chi connectivity index (χ2n) is 5.38. The highest BCUT2D eigenvalue weighted by Crippen LogP contribution is 2.18. The molecule has 1 aliphatic heterocycles.